The Morgan fingerprint density at radius 1 is 0.529 bits per heavy atom. The summed E-state index contributed by atoms with van der Waals surface area (Å²) in [4.78, 5) is 5.11. The summed E-state index contributed by atoms with van der Waals surface area (Å²) in [5, 5.41) is 0. The van der Waals surface area contributed by atoms with Crippen LogP contribution in [0.3, 0.4) is 0 Å². The van der Waals surface area contributed by atoms with E-state index in [1.807, 2.05) is 0 Å². The van der Waals surface area contributed by atoms with Gasteiger partial charge in [-0.2, -0.15) is 0 Å². The Kier molecular flexibility index (Phi) is 21.7. The highest BCUT2D eigenvalue weighted by molar-refractivity contribution is 4.74. The van der Waals surface area contributed by atoms with Crippen LogP contribution < -0.4 is 11.5 Å². The molecular weight excluding hydrogens is 424 g/mol. The van der Waals surface area contributed by atoms with E-state index in [2.05, 4.69) is 23.6 Å². The van der Waals surface area contributed by atoms with Gasteiger partial charge in [-0.15, -0.1) is 0 Å². The SMILES string of the molecule is CCCCOCCCCCN1CCC(N)CC1.CCCCOCCCCCN1CCC(N)CC1. The largest absolute Gasteiger partial charge is 0.381 e. The molecule has 2 aliphatic heterocycles. The van der Waals surface area contributed by atoms with Crippen LogP contribution in [0.5, 0.6) is 0 Å². The van der Waals surface area contributed by atoms with Crippen LogP contribution in [-0.2, 0) is 9.47 Å². The number of nitrogens with two attached hydrogens (primary N) is 2. The molecule has 0 aromatic carbocycles. The van der Waals surface area contributed by atoms with E-state index in [1.165, 1.54) is 129 Å². The maximum atomic E-state index is 5.89. The first-order chi connectivity index (χ1) is 16.7. The van der Waals surface area contributed by atoms with Gasteiger partial charge in [-0.1, -0.05) is 26.7 Å². The topological polar surface area (TPSA) is 77.0 Å². The summed E-state index contributed by atoms with van der Waals surface area (Å²) in [6.45, 7) is 15.5. The summed E-state index contributed by atoms with van der Waals surface area (Å²) < 4.78 is 11.1. The van der Waals surface area contributed by atoms with Crippen molar-refractivity contribution in [3.8, 4) is 0 Å². The van der Waals surface area contributed by atoms with Gasteiger partial charge in [-0.05, 0) is 116 Å². The van der Waals surface area contributed by atoms with Gasteiger partial charge in [0.05, 0.1) is 0 Å². The first-order valence-electron chi connectivity index (χ1n) is 14.8. The summed E-state index contributed by atoms with van der Waals surface area (Å²) in [7, 11) is 0. The molecule has 0 aliphatic carbocycles. The highest BCUT2D eigenvalue weighted by atomic mass is 16.5. The lowest BCUT2D eigenvalue weighted by molar-refractivity contribution is 0.125. The van der Waals surface area contributed by atoms with Gasteiger partial charge in [0.1, 0.15) is 0 Å². The lowest BCUT2D eigenvalue weighted by Crippen LogP contribution is -2.40. The van der Waals surface area contributed by atoms with Crippen LogP contribution in [0, 0.1) is 0 Å². The zero-order valence-corrected chi connectivity index (χ0v) is 23.0. The Morgan fingerprint density at radius 3 is 1.24 bits per heavy atom. The molecule has 0 aromatic heterocycles. The molecule has 0 radical (unpaired) electrons. The highest BCUT2D eigenvalue weighted by Gasteiger charge is 2.15. The van der Waals surface area contributed by atoms with Gasteiger partial charge in [0, 0.05) is 38.5 Å². The van der Waals surface area contributed by atoms with Crippen LogP contribution in [0.25, 0.3) is 0 Å². The van der Waals surface area contributed by atoms with E-state index in [0.29, 0.717) is 12.1 Å². The summed E-state index contributed by atoms with van der Waals surface area (Å²) in [6, 6.07) is 0.913. The number of likely N-dealkylation sites (tertiary alicyclic amines) is 2. The first-order valence-corrected chi connectivity index (χ1v) is 14.8. The third kappa shape index (κ3) is 19.0. The van der Waals surface area contributed by atoms with Crippen molar-refractivity contribution >= 4 is 0 Å². The van der Waals surface area contributed by atoms with Crippen LogP contribution in [0.15, 0.2) is 0 Å². The van der Waals surface area contributed by atoms with Crippen molar-refractivity contribution in [2.45, 2.75) is 116 Å². The van der Waals surface area contributed by atoms with Crippen LogP contribution in [0.4, 0.5) is 0 Å². The van der Waals surface area contributed by atoms with Crippen molar-refractivity contribution in [3.63, 3.8) is 0 Å². The second-order valence-corrected chi connectivity index (χ2v) is 10.4. The molecule has 2 aliphatic rings. The van der Waals surface area contributed by atoms with Crippen molar-refractivity contribution in [3.05, 3.63) is 0 Å². The second-order valence-electron chi connectivity index (χ2n) is 10.4. The van der Waals surface area contributed by atoms with Crippen molar-refractivity contribution < 1.29 is 9.47 Å². The molecule has 0 bridgehead atoms. The monoisotopic (exact) mass is 484 g/mol. The number of hydrogen-bond acceptors (Lipinski definition) is 6. The highest BCUT2D eigenvalue weighted by Crippen LogP contribution is 2.10. The molecule has 0 unspecified atom stereocenters. The Bertz CT molecular complexity index is 373. The predicted molar refractivity (Wildman–Crippen MR) is 146 cm³/mol. The zero-order chi connectivity index (χ0) is 24.7. The minimum absolute atomic E-state index is 0.457. The molecule has 0 spiro atoms. The summed E-state index contributed by atoms with van der Waals surface area (Å²) in [5.41, 5.74) is 11.8. The van der Waals surface area contributed by atoms with Crippen LogP contribution in [0.1, 0.15) is 104 Å². The van der Waals surface area contributed by atoms with Gasteiger partial charge in [-0.25, -0.2) is 0 Å². The molecule has 6 heteroatoms. The minimum atomic E-state index is 0.457. The first kappa shape index (κ1) is 31.8. The van der Waals surface area contributed by atoms with E-state index in [1.54, 1.807) is 0 Å². The molecule has 0 saturated carbocycles. The maximum Gasteiger partial charge on any atom is 0.0466 e. The second kappa shape index (κ2) is 23.2. The smallest absolute Gasteiger partial charge is 0.0466 e. The van der Waals surface area contributed by atoms with Gasteiger partial charge in [0.15, 0.2) is 0 Å². The molecule has 0 amide bonds. The Balaban J connectivity index is 0.000000340. The molecule has 2 saturated heterocycles. The molecule has 6 nitrogen and oxygen atoms in total. The van der Waals surface area contributed by atoms with E-state index in [4.69, 9.17) is 20.9 Å². The summed E-state index contributed by atoms with van der Waals surface area (Å²) >= 11 is 0. The average Bonchev–Trinajstić information content (AvgIpc) is 2.85. The fourth-order valence-corrected chi connectivity index (χ4v) is 4.48. The minimum Gasteiger partial charge on any atom is -0.381 e. The van der Waals surface area contributed by atoms with E-state index in [0.717, 1.165) is 26.4 Å². The lowest BCUT2D eigenvalue weighted by atomic mass is 10.1. The van der Waals surface area contributed by atoms with E-state index < -0.39 is 0 Å². The van der Waals surface area contributed by atoms with Gasteiger partial charge in [0.2, 0.25) is 0 Å². The predicted octanol–water partition coefficient (Wildman–Crippen LogP) is 4.79. The summed E-state index contributed by atoms with van der Waals surface area (Å²) in [5.74, 6) is 0. The molecule has 2 rings (SSSR count). The van der Waals surface area contributed by atoms with Crippen LogP contribution in [-0.4, -0.2) is 87.6 Å². The normalized spacial score (nSPS) is 18.7. The van der Waals surface area contributed by atoms with Crippen molar-refractivity contribution in [2.24, 2.45) is 11.5 Å². The molecule has 4 N–H and O–H groups in total. The Morgan fingerprint density at radius 2 is 0.882 bits per heavy atom. The molecule has 0 atom stereocenters. The van der Waals surface area contributed by atoms with Crippen molar-refractivity contribution in [1.82, 2.24) is 9.80 Å². The quantitative estimate of drug-likeness (QED) is 0.272. The third-order valence-corrected chi connectivity index (χ3v) is 7.07. The Labute approximate surface area is 212 Å². The number of hydrogen-bond donors (Lipinski definition) is 2. The van der Waals surface area contributed by atoms with Gasteiger partial charge < -0.3 is 30.7 Å². The molecule has 0 aromatic rings. The number of ether oxygens (including phenoxy) is 2. The van der Waals surface area contributed by atoms with Crippen LogP contribution >= 0.6 is 0 Å². The Hall–Kier alpha value is -0.240. The molecule has 2 heterocycles. The van der Waals surface area contributed by atoms with Gasteiger partial charge in [-0.3, -0.25) is 0 Å². The van der Waals surface area contributed by atoms with Crippen molar-refractivity contribution in [1.29, 1.82) is 0 Å². The standard InChI is InChI=1S/2C14H30N2O/c2*1-2-3-12-17-13-6-4-5-9-16-10-7-14(15)8-11-16/h2*14H,2-13,15H2,1H3. The maximum absolute atomic E-state index is 5.89. The van der Waals surface area contributed by atoms with Gasteiger partial charge in [0.25, 0.3) is 0 Å². The molecular formula is C28H60N4O2. The van der Waals surface area contributed by atoms with Crippen molar-refractivity contribution in [2.75, 3.05) is 65.7 Å². The molecule has 204 valence electrons. The van der Waals surface area contributed by atoms with E-state index >= 15 is 0 Å². The third-order valence-electron chi connectivity index (χ3n) is 7.07. The molecule has 2 fully saturated rings. The fraction of sp³-hybridized carbons (Fsp3) is 1.00. The molecule has 34 heavy (non-hydrogen) atoms. The number of nitrogens with zero attached hydrogens (tertiary/aromatic N) is 2. The number of piperidine rings is 2. The summed E-state index contributed by atoms with van der Waals surface area (Å²) in [6.07, 6.45) is 17.3. The number of rotatable bonds is 18. The zero-order valence-electron chi connectivity index (χ0n) is 23.0. The average molecular weight is 485 g/mol. The van der Waals surface area contributed by atoms with Crippen LogP contribution in [0.2, 0.25) is 0 Å². The van der Waals surface area contributed by atoms with Gasteiger partial charge >= 0.3 is 0 Å². The van der Waals surface area contributed by atoms with E-state index in [9.17, 15) is 0 Å². The fourth-order valence-electron chi connectivity index (χ4n) is 4.48. The lowest BCUT2D eigenvalue weighted by Gasteiger charge is -2.29. The van der Waals surface area contributed by atoms with E-state index in [-0.39, 0.29) is 0 Å². The number of unbranched alkanes of at least 4 members (excludes halogenated alkanes) is 6.